The van der Waals surface area contributed by atoms with Crippen LogP contribution in [0, 0.1) is 5.82 Å². The normalized spacial score (nSPS) is 14.5. The summed E-state index contributed by atoms with van der Waals surface area (Å²) in [6.07, 6.45) is 0. The van der Waals surface area contributed by atoms with E-state index in [9.17, 15) is 0 Å². The van der Waals surface area contributed by atoms with Gasteiger partial charge >= 0.3 is 7.12 Å². The largest absolute Gasteiger partial charge is 0.498 e. The lowest BCUT2D eigenvalue weighted by Crippen LogP contribution is -2.41. The smallest absolute Gasteiger partial charge is 0.399 e. The summed E-state index contributed by atoms with van der Waals surface area (Å²) in [6.45, 7) is 7.85. The van der Waals surface area contributed by atoms with E-state index in [1.807, 2.05) is 76.2 Å². The molecular weight excluding hydrogens is 816 g/mol. The average molecular weight is 860 g/mol. The summed E-state index contributed by atoms with van der Waals surface area (Å²) < 4.78 is 33.8. The highest BCUT2D eigenvalue weighted by molar-refractivity contribution is 6.64. The fourth-order valence-electron chi connectivity index (χ4n) is 9.53. The first-order chi connectivity index (χ1) is 32.1. The molecule has 12 rings (SSSR count). The Morgan fingerprint density at radius 1 is 0.424 bits per heavy atom. The van der Waals surface area contributed by atoms with Crippen LogP contribution in [0.1, 0.15) is 27.7 Å². The molecule has 11 aromatic rings. The van der Waals surface area contributed by atoms with Crippen LogP contribution in [0.3, 0.4) is 0 Å². The third-order valence-electron chi connectivity index (χ3n) is 13.6. The number of fused-ring (bicyclic) bond motifs is 7. The van der Waals surface area contributed by atoms with Crippen LogP contribution in [0.15, 0.2) is 188 Å². The molecule has 1 aliphatic rings. The molecule has 0 radical (unpaired) electrons. The van der Waals surface area contributed by atoms with Crippen molar-refractivity contribution in [3.8, 4) is 56.7 Å². The van der Waals surface area contributed by atoms with Gasteiger partial charge in [-0.25, -0.2) is 9.37 Å². The van der Waals surface area contributed by atoms with E-state index in [4.69, 9.17) is 24.3 Å². The number of benzene rings is 8. The summed E-state index contributed by atoms with van der Waals surface area (Å²) in [4.78, 5) is 15.7. The molecule has 0 aliphatic carbocycles. The van der Waals surface area contributed by atoms with Gasteiger partial charge < -0.3 is 13.9 Å². The van der Waals surface area contributed by atoms with E-state index in [0.717, 1.165) is 71.6 Å². The van der Waals surface area contributed by atoms with Crippen molar-refractivity contribution >= 4 is 56.2 Å². The maximum atomic E-state index is 16.4. The van der Waals surface area contributed by atoms with Crippen LogP contribution in [0.2, 0.25) is 0 Å². The number of hydrogen-bond donors (Lipinski definition) is 0. The van der Waals surface area contributed by atoms with E-state index < -0.39 is 24.1 Å². The van der Waals surface area contributed by atoms with Crippen LogP contribution in [0.25, 0.3) is 100 Å². The minimum atomic E-state index is -0.992. The summed E-state index contributed by atoms with van der Waals surface area (Å²) >= 11 is 0. The van der Waals surface area contributed by atoms with Crippen LogP contribution in [-0.4, -0.2) is 42.4 Å². The van der Waals surface area contributed by atoms with Crippen molar-refractivity contribution in [2.24, 2.45) is 0 Å². The third kappa shape index (κ3) is 6.37. The lowest BCUT2D eigenvalue weighted by atomic mass is 9.75. The van der Waals surface area contributed by atoms with E-state index in [2.05, 4.69) is 137 Å². The predicted octanol–water partition coefficient (Wildman–Crippen LogP) is 13.2. The quantitative estimate of drug-likeness (QED) is 0.149. The van der Waals surface area contributed by atoms with Gasteiger partial charge in [-0.15, -0.1) is 0 Å². The molecule has 0 saturated carbocycles. The number of nitrogens with zero attached hydrogens (tertiary/aromatic N) is 5. The molecule has 0 unspecified atom stereocenters. The van der Waals surface area contributed by atoms with Gasteiger partial charge in [0.15, 0.2) is 11.6 Å². The van der Waals surface area contributed by atoms with Gasteiger partial charge in [-0.2, -0.15) is 9.97 Å². The molecule has 318 valence electrons. The van der Waals surface area contributed by atoms with Crippen LogP contribution in [0.4, 0.5) is 4.39 Å². The first-order valence-corrected chi connectivity index (χ1v) is 22.3. The van der Waals surface area contributed by atoms with Gasteiger partial charge in [0.1, 0.15) is 5.82 Å². The molecule has 3 aromatic heterocycles. The predicted molar refractivity (Wildman–Crippen MR) is 266 cm³/mol. The van der Waals surface area contributed by atoms with Gasteiger partial charge in [0.2, 0.25) is 5.95 Å². The lowest BCUT2D eigenvalue weighted by Gasteiger charge is -2.32. The Morgan fingerprint density at radius 2 is 0.894 bits per heavy atom. The Morgan fingerprint density at radius 3 is 1.48 bits per heavy atom. The molecule has 0 bridgehead atoms. The van der Waals surface area contributed by atoms with Crippen molar-refractivity contribution in [2.45, 2.75) is 38.9 Å². The third-order valence-corrected chi connectivity index (χ3v) is 13.6. The molecule has 0 spiro atoms. The van der Waals surface area contributed by atoms with Gasteiger partial charge in [-0.1, -0.05) is 146 Å². The van der Waals surface area contributed by atoms with Gasteiger partial charge in [0, 0.05) is 43.8 Å². The summed E-state index contributed by atoms with van der Waals surface area (Å²) in [6, 6.07) is 64.0. The van der Waals surface area contributed by atoms with E-state index in [1.165, 1.54) is 11.6 Å². The van der Waals surface area contributed by atoms with Crippen molar-refractivity contribution < 1.29 is 13.7 Å². The Bertz CT molecular complexity index is 3640. The number of para-hydroxylation sites is 2. The van der Waals surface area contributed by atoms with E-state index in [-0.39, 0.29) is 5.46 Å². The highest BCUT2D eigenvalue weighted by atomic mass is 19.1. The number of hydrogen-bond acceptors (Lipinski definition) is 5. The van der Waals surface area contributed by atoms with Crippen molar-refractivity contribution in [3.63, 3.8) is 0 Å². The minimum Gasteiger partial charge on any atom is -0.399 e. The zero-order chi connectivity index (χ0) is 44.7. The van der Waals surface area contributed by atoms with Crippen molar-refractivity contribution in [1.29, 1.82) is 0 Å². The monoisotopic (exact) mass is 859 g/mol. The number of halogens is 1. The topological polar surface area (TPSA) is 67.0 Å². The fraction of sp³-hybridized carbons (Fsp3) is 0.105. The van der Waals surface area contributed by atoms with Crippen molar-refractivity contribution in [1.82, 2.24) is 24.1 Å². The molecule has 8 aromatic carbocycles. The van der Waals surface area contributed by atoms with Gasteiger partial charge in [-0.3, -0.25) is 4.57 Å². The summed E-state index contributed by atoms with van der Waals surface area (Å²) in [5.41, 5.74) is 9.73. The van der Waals surface area contributed by atoms with Gasteiger partial charge in [-0.05, 0) is 92.4 Å². The molecule has 9 heteroatoms. The zero-order valence-corrected chi connectivity index (χ0v) is 36.9. The molecule has 4 heterocycles. The number of rotatable bonds is 7. The van der Waals surface area contributed by atoms with Crippen LogP contribution < -0.4 is 5.46 Å². The van der Waals surface area contributed by atoms with Crippen LogP contribution in [-0.2, 0) is 9.31 Å². The van der Waals surface area contributed by atoms with Gasteiger partial charge in [0.05, 0.1) is 33.3 Å². The molecule has 0 atom stereocenters. The molecule has 66 heavy (non-hydrogen) atoms. The summed E-state index contributed by atoms with van der Waals surface area (Å²) in [7, 11) is -0.992. The Hall–Kier alpha value is -7.72. The van der Waals surface area contributed by atoms with Crippen molar-refractivity contribution in [2.75, 3.05) is 0 Å². The second-order valence-corrected chi connectivity index (χ2v) is 18.0. The fourth-order valence-corrected chi connectivity index (χ4v) is 9.53. The van der Waals surface area contributed by atoms with Gasteiger partial charge in [0.25, 0.3) is 0 Å². The van der Waals surface area contributed by atoms with E-state index >= 15 is 4.39 Å². The second kappa shape index (κ2) is 15.2. The van der Waals surface area contributed by atoms with Crippen LogP contribution in [0.5, 0.6) is 0 Å². The Balaban J connectivity index is 1.09. The molecule has 1 fully saturated rings. The molecule has 1 saturated heterocycles. The molecule has 7 nitrogen and oxygen atoms in total. The second-order valence-electron chi connectivity index (χ2n) is 18.0. The maximum Gasteiger partial charge on any atom is 0.498 e. The van der Waals surface area contributed by atoms with E-state index in [1.54, 1.807) is 6.07 Å². The SMILES string of the molecule is CC1(C)OB(c2c(F)cccc2-c2nc(-c3ccc(-c4ccccc4)cc3)nc(-n3c4ccccc4c4c5c6ccccc6n(-c6ccc(-c7ccccc7)cc6)c5ccc43)n2)OC1(C)C. The van der Waals surface area contributed by atoms with Crippen molar-refractivity contribution in [3.05, 3.63) is 194 Å². The maximum absolute atomic E-state index is 16.4. The highest BCUT2D eigenvalue weighted by Gasteiger charge is 2.53. The minimum absolute atomic E-state index is 0.243. The van der Waals surface area contributed by atoms with E-state index in [0.29, 0.717) is 23.2 Å². The Labute approximate surface area is 381 Å². The summed E-state index contributed by atoms with van der Waals surface area (Å²) in [5, 5.41) is 4.40. The Kier molecular flexibility index (Phi) is 9.17. The molecule has 0 amide bonds. The average Bonchev–Trinajstić information content (AvgIpc) is 3.94. The standard InChI is InChI=1S/C57H43BFN5O2/c1-56(2)57(3,4)66-58(65-56)52-44(22-15-23-45(52)59)54-60-53(40-28-26-38(27-29-40)36-16-7-5-8-17-36)61-55(62-54)64-47-25-14-12-21-43(47)51-49(64)35-34-48-50(51)42-20-11-13-24-46(42)63(48)41-32-30-39(31-33-41)37-18-9-6-10-19-37/h5-35H,1-4H3. The highest BCUT2D eigenvalue weighted by Crippen LogP contribution is 2.43. The zero-order valence-electron chi connectivity index (χ0n) is 36.9. The first-order valence-electron chi connectivity index (χ1n) is 22.3. The summed E-state index contributed by atoms with van der Waals surface area (Å²) in [5.74, 6) is 0.680. The molecular formula is C57H43BFN5O2. The van der Waals surface area contributed by atoms with Crippen LogP contribution >= 0.6 is 0 Å². The molecule has 0 N–H and O–H groups in total. The number of aromatic nitrogens is 5. The molecule has 1 aliphatic heterocycles. The first kappa shape index (κ1) is 39.8. The lowest BCUT2D eigenvalue weighted by molar-refractivity contribution is 0.00578.